The van der Waals surface area contributed by atoms with Crippen LogP contribution in [0.3, 0.4) is 0 Å². The minimum absolute atomic E-state index is 0.0720. The summed E-state index contributed by atoms with van der Waals surface area (Å²) in [5, 5.41) is 3.64. The molecule has 0 unspecified atom stereocenters. The number of nitrogens with zero attached hydrogens (tertiary/aromatic N) is 3. The highest BCUT2D eigenvalue weighted by Gasteiger charge is 2.31. The predicted molar refractivity (Wildman–Crippen MR) is 141 cm³/mol. The normalized spacial score (nSPS) is 17.1. The second-order valence-electron chi connectivity index (χ2n) is 9.40. The number of amides is 2. The number of nitrogen functional groups attached to an aromatic ring is 1. The van der Waals surface area contributed by atoms with E-state index in [9.17, 15) is 22.4 Å². The van der Waals surface area contributed by atoms with Gasteiger partial charge in [0.25, 0.3) is 5.91 Å². The van der Waals surface area contributed by atoms with Gasteiger partial charge in [-0.1, -0.05) is 11.6 Å². The van der Waals surface area contributed by atoms with Crippen LogP contribution in [0.1, 0.15) is 23.2 Å². The molecule has 12 heteroatoms. The maximum absolute atomic E-state index is 13.7. The van der Waals surface area contributed by atoms with Crippen LogP contribution in [0.2, 0.25) is 5.02 Å². The van der Waals surface area contributed by atoms with Gasteiger partial charge in [-0.3, -0.25) is 9.59 Å². The van der Waals surface area contributed by atoms with Gasteiger partial charge in [-0.05, 0) is 62.3 Å². The molecule has 4 rings (SSSR count). The summed E-state index contributed by atoms with van der Waals surface area (Å²) in [4.78, 5) is 31.9. The summed E-state index contributed by atoms with van der Waals surface area (Å²) in [7, 11) is -3.63. The molecule has 0 radical (unpaired) electrons. The molecule has 2 saturated heterocycles. The maximum atomic E-state index is 13.7. The number of piperazine rings is 1. The Morgan fingerprint density at radius 1 is 1.11 bits per heavy atom. The van der Waals surface area contributed by atoms with Gasteiger partial charge in [0, 0.05) is 44.0 Å². The van der Waals surface area contributed by atoms with Gasteiger partial charge >= 0.3 is 0 Å². The van der Waals surface area contributed by atoms with Crippen LogP contribution in [0.4, 0.5) is 15.8 Å². The molecule has 2 amide bonds. The molecular formula is C25H31ClFN5O4S. The number of benzene rings is 2. The summed E-state index contributed by atoms with van der Waals surface area (Å²) < 4.78 is 38.1. The average molecular weight is 552 g/mol. The minimum atomic E-state index is -3.63. The first-order valence-corrected chi connectivity index (χ1v) is 14.4. The van der Waals surface area contributed by atoms with Crippen molar-refractivity contribution < 1.29 is 22.4 Å². The molecule has 9 nitrogen and oxygen atoms in total. The van der Waals surface area contributed by atoms with Gasteiger partial charge in [0.1, 0.15) is 12.4 Å². The highest BCUT2D eigenvalue weighted by atomic mass is 35.5. The SMILES string of the molecule is CS(=O)(=O)c1cc(F)ccc1N1CCN(C(=O)CN(C(=O)c2ccc(Cl)c(N)c2)C2CCNCC2)CC1. The van der Waals surface area contributed by atoms with Gasteiger partial charge in [-0.15, -0.1) is 0 Å². The lowest BCUT2D eigenvalue weighted by Gasteiger charge is -2.39. The molecule has 3 N–H and O–H groups in total. The van der Waals surface area contributed by atoms with Crippen molar-refractivity contribution in [1.29, 1.82) is 0 Å². The average Bonchev–Trinajstić information content (AvgIpc) is 2.88. The highest BCUT2D eigenvalue weighted by Crippen LogP contribution is 2.28. The number of nitrogens with two attached hydrogens (primary N) is 1. The van der Waals surface area contributed by atoms with Crippen LogP contribution in [-0.2, 0) is 14.6 Å². The number of sulfone groups is 1. The first-order chi connectivity index (χ1) is 17.5. The zero-order valence-electron chi connectivity index (χ0n) is 20.6. The fraction of sp³-hybridized carbons (Fsp3) is 0.440. The summed E-state index contributed by atoms with van der Waals surface area (Å²) in [5.41, 5.74) is 7.01. The van der Waals surface area contributed by atoms with E-state index in [2.05, 4.69) is 5.32 Å². The van der Waals surface area contributed by atoms with Crippen LogP contribution in [0.25, 0.3) is 0 Å². The van der Waals surface area contributed by atoms with E-state index in [1.807, 2.05) is 4.90 Å². The summed E-state index contributed by atoms with van der Waals surface area (Å²) in [5.74, 6) is -1.08. The summed E-state index contributed by atoms with van der Waals surface area (Å²) in [6, 6.07) is 8.34. The zero-order chi connectivity index (χ0) is 26.7. The van der Waals surface area contributed by atoms with E-state index in [0.717, 1.165) is 38.3 Å². The van der Waals surface area contributed by atoms with Crippen molar-refractivity contribution in [3.63, 3.8) is 0 Å². The molecule has 200 valence electrons. The van der Waals surface area contributed by atoms with Crippen molar-refractivity contribution in [1.82, 2.24) is 15.1 Å². The fourth-order valence-corrected chi connectivity index (χ4v) is 5.84. The number of hydrogen-bond acceptors (Lipinski definition) is 7. The van der Waals surface area contributed by atoms with E-state index in [0.29, 0.717) is 48.1 Å². The molecule has 0 aromatic heterocycles. The van der Waals surface area contributed by atoms with E-state index in [-0.39, 0.29) is 29.3 Å². The third kappa shape index (κ3) is 6.34. The third-order valence-electron chi connectivity index (χ3n) is 6.85. The lowest BCUT2D eigenvalue weighted by Crippen LogP contribution is -2.54. The topological polar surface area (TPSA) is 116 Å². The number of halogens is 2. The van der Waals surface area contributed by atoms with Gasteiger partial charge in [-0.2, -0.15) is 0 Å². The van der Waals surface area contributed by atoms with Crippen molar-refractivity contribution in [2.24, 2.45) is 0 Å². The van der Waals surface area contributed by atoms with Gasteiger partial charge < -0.3 is 25.8 Å². The Hall–Kier alpha value is -2.89. The Morgan fingerprint density at radius 3 is 2.41 bits per heavy atom. The molecule has 2 aromatic carbocycles. The number of carbonyl (C=O) groups is 2. The van der Waals surface area contributed by atoms with Crippen LogP contribution in [0, 0.1) is 5.82 Å². The molecule has 2 aromatic rings. The lowest BCUT2D eigenvalue weighted by atomic mass is 10.0. The Labute approximate surface area is 221 Å². The van der Waals surface area contributed by atoms with E-state index >= 15 is 0 Å². The van der Waals surface area contributed by atoms with Crippen LogP contribution in [-0.4, -0.2) is 88.1 Å². The first kappa shape index (κ1) is 27.2. The number of hydrogen-bond donors (Lipinski definition) is 2. The maximum Gasteiger partial charge on any atom is 0.254 e. The van der Waals surface area contributed by atoms with E-state index in [1.165, 1.54) is 18.2 Å². The lowest BCUT2D eigenvalue weighted by molar-refractivity contribution is -0.132. The Morgan fingerprint density at radius 2 is 1.78 bits per heavy atom. The molecule has 2 aliphatic heterocycles. The first-order valence-electron chi connectivity index (χ1n) is 12.1. The summed E-state index contributed by atoms with van der Waals surface area (Å²) in [6.07, 6.45) is 2.51. The largest absolute Gasteiger partial charge is 0.398 e. The molecule has 0 spiro atoms. The third-order valence-corrected chi connectivity index (χ3v) is 8.32. The van der Waals surface area contributed by atoms with Crippen LogP contribution in [0.15, 0.2) is 41.3 Å². The molecule has 2 fully saturated rings. The summed E-state index contributed by atoms with van der Waals surface area (Å²) >= 11 is 6.02. The van der Waals surface area contributed by atoms with Crippen LogP contribution in [0.5, 0.6) is 0 Å². The number of piperidine rings is 1. The Bertz CT molecular complexity index is 1280. The summed E-state index contributed by atoms with van der Waals surface area (Å²) in [6.45, 7) is 2.90. The molecule has 0 bridgehead atoms. The number of carbonyl (C=O) groups excluding carboxylic acids is 2. The second-order valence-corrected chi connectivity index (χ2v) is 11.8. The number of anilines is 2. The standard InChI is InChI=1S/C25H31ClFN5O4S/c1-37(35,36)23-15-18(27)3-5-22(23)30-10-12-31(13-11-30)24(33)16-32(19-6-8-29-9-7-19)25(34)17-2-4-20(26)21(28)14-17/h2-5,14-15,19,29H,6-13,16,28H2,1H3. The van der Waals surface area contributed by atoms with Crippen molar-refractivity contribution in [3.8, 4) is 0 Å². The molecule has 0 saturated carbocycles. The fourth-order valence-electron chi connectivity index (χ4n) is 4.82. The second kappa shape index (κ2) is 11.2. The van der Waals surface area contributed by atoms with Crippen molar-refractivity contribution in [3.05, 3.63) is 52.8 Å². The van der Waals surface area contributed by atoms with E-state index < -0.39 is 15.7 Å². The molecule has 2 heterocycles. The van der Waals surface area contributed by atoms with Crippen molar-refractivity contribution in [2.45, 2.75) is 23.8 Å². The van der Waals surface area contributed by atoms with Gasteiger partial charge in [0.15, 0.2) is 9.84 Å². The van der Waals surface area contributed by atoms with Crippen LogP contribution < -0.4 is 16.0 Å². The molecular weight excluding hydrogens is 521 g/mol. The zero-order valence-corrected chi connectivity index (χ0v) is 22.2. The molecule has 0 aliphatic carbocycles. The smallest absolute Gasteiger partial charge is 0.254 e. The van der Waals surface area contributed by atoms with Crippen LogP contribution >= 0.6 is 11.6 Å². The monoisotopic (exact) mass is 551 g/mol. The highest BCUT2D eigenvalue weighted by molar-refractivity contribution is 7.90. The Kier molecular flexibility index (Phi) is 8.25. The molecule has 37 heavy (non-hydrogen) atoms. The van der Waals surface area contributed by atoms with E-state index in [4.69, 9.17) is 17.3 Å². The van der Waals surface area contributed by atoms with Crippen molar-refractivity contribution in [2.75, 3.05) is 62.7 Å². The van der Waals surface area contributed by atoms with Crippen molar-refractivity contribution >= 4 is 44.6 Å². The Balaban J connectivity index is 1.47. The van der Waals surface area contributed by atoms with E-state index in [1.54, 1.807) is 21.9 Å². The van der Waals surface area contributed by atoms with Gasteiger partial charge in [0.05, 0.1) is 21.3 Å². The molecule has 2 aliphatic rings. The predicted octanol–water partition coefficient (Wildman–Crippen LogP) is 2.01. The quantitative estimate of drug-likeness (QED) is 0.528. The number of rotatable bonds is 6. The number of nitrogens with one attached hydrogen (secondary N) is 1. The molecule has 0 atom stereocenters. The van der Waals surface area contributed by atoms with Gasteiger partial charge in [-0.25, -0.2) is 12.8 Å². The minimum Gasteiger partial charge on any atom is -0.398 e. The van der Waals surface area contributed by atoms with Gasteiger partial charge in [0.2, 0.25) is 5.91 Å².